The van der Waals surface area contributed by atoms with Gasteiger partial charge >= 0.3 is 0 Å². The van der Waals surface area contributed by atoms with Gasteiger partial charge in [-0.3, -0.25) is 0 Å². The average Bonchev–Trinajstić information content (AvgIpc) is 3.61. The molecule has 3 aromatic carbocycles. The number of nitrogens with zero attached hydrogens (tertiary/aromatic N) is 2. The maximum Gasteiger partial charge on any atom is 0.217 e. The van der Waals surface area contributed by atoms with Crippen molar-refractivity contribution in [2.45, 2.75) is 89.6 Å². The number of hydrogen-bond acceptors (Lipinski definition) is 0. The van der Waals surface area contributed by atoms with Crippen LogP contribution in [0, 0.1) is 0 Å². The molecule has 2 heteroatoms. The van der Waals surface area contributed by atoms with Crippen LogP contribution in [0.15, 0.2) is 91.3 Å². The van der Waals surface area contributed by atoms with Crippen molar-refractivity contribution in [3.05, 3.63) is 130 Å². The molecule has 0 N–H and O–H groups in total. The molecule has 2 unspecified atom stereocenters. The molecule has 2 aliphatic heterocycles. The summed E-state index contributed by atoms with van der Waals surface area (Å²) < 4.78 is 5.41. The van der Waals surface area contributed by atoms with Crippen molar-refractivity contribution in [2.24, 2.45) is 0 Å². The first-order chi connectivity index (χ1) is 21.3. The van der Waals surface area contributed by atoms with Crippen LogP contribution in [0.25, 0.3) is 33.6 Å². The van der Waals surface area contributed by atoms with E-state index in [1.165, 1.54) is 67.0 Å². The van der Waals surface area contributed by atoms with Gasteiger partial charge in [0.25, 0.3) is 0 Å². The lowest BCUT2D eigenvalue weighted by atomic mass is 9.57. The third kappa shape index (κ3) is 3.32. The Hall–Kier alpha value is -4.04. The summed E-state index contributed by atoms with van der Waals surface area (Å²) in [5, 5.41) is 0. The summed E-state index contributed by atoms with van der Waals surface area (Å²) in [7, 11) is 0. The van der Waals surface area contributed by atoms with Crippen molar-refractivity contribution in [3.63, 3.8) is 0 Å². The van der Waals surface area contributed by atoms with E-state index in [2.05, 4.69) is 135 Å². The number of pyridine rings is 2. The lowest BCUT2D eigenvalue weighted by molar-refractivity contribution is -0.767. The van der Waals surface area contributed by atoms with E-state index < -0.39 is 0 Å². The average molecular weight is 575 g/mol. The Kier molecular flexibility index (Phi) is 5.40. The Morgan fingerprint density at radius 2 is 1.52 bits per heavy atom. The highest BCUT2D eigenvalue weighted by molar-refractivity contribution is 5.82. The topological polar surface area (TPSA) is 7.76 Å². The molecule has 0 fully saturated rings. The van der Waals surface area contributed by atoms with Crippen molar-refractivity contribution >= 4 is 0 Å². The first kappa shape index (κ1) is 26.4. The Balaban J connectivity index is 1.30. The van der Waals surface area contributed by atoms with Crippen LogP contribution in [0.2, 0.25) is 0 Å². The smallest absolute Gasteiger partial charge is 0.195 e. The van der Waals surface area contributed by atoms with Gasteiger partial charge in [-0.2, -0.15) is 9.13 Å². The van der Waals surface area contributed by atoms with Crippen LogP contribution in [0.1, 0.15) is 98.4 Å². The summed E-state index contributed by atoms with van der Waals surface area (Å²) in [6, 6.07) is 30.8. The molecular formula is C42H42N2+2. The number of rotatable bonds is 5. The fraction of sp³-hybridized carbons (Fsp3) is 0.333. The lowest BCUT2D eigenvalue weighted by Crippen LogP contribution is -2.68. The third-order valence-corrected chi connectivity index (χ3v) is 12.1. The van der Waals surface area contributed by atoms with Crippen molar-refractivity contribution < 1.29 is 9.13 Å². The van der Waals surface area contributed by atoms with Crippen LogP contribution in [-0.4, -0.2) is 0 Å². The van der Waals surface area contributed by atoms with Crippen LogP contribution in [0.3, 0.4) is 0 Å². The van der Waals surface area contributed by atoms with E-state index in [0.29, 0.717) is 12.0 Å². The summed E-state index contributed by atoms with van der Waals surface area (Å²) in [6.07, 6.45) is 10.3. The molecule has 0 amide bonds. The standard InChI is InChI=1S/C42H42N2/c1-6-42(24-35-22-29-15-10-14-28-18-30-16-11-17-43(35)39(30)37(28)29)36-23-31(27-12-8-7-9-13-27)19-32-20-33-21-34(26(2)3)25-44(41(42,4)5)40(33)38(32)36/h7-17,19,21,23,25-26,35H,6,18,20,22,24H2,1-5H3/q+2. The van der Waals surface area contributed by atoms with Gasteiger partial charge in [0.05, 0.1) is 16.5 Å². The van der Waals surface area contributed by atoms with Gasteiger partial charge in [0.1, 0.15) is 0 Å². The fourth-order valence-corrected chi connectivity index (χ4v) is 9.75. The maximum absolute atomic E-state index is 2.73. The number of aromatic nitrogens is 2. The summed E-state index contributed by atoms with van der Waals surface area (Å²) >= 11 is 0. The highest BCUT2D eigenvalue weighted by atomic mass is 15.1. The minimum atomic E-state index is -0.110. The van der Waals surface area contributed by atoms with Crippen molar-refractivity contribution in [1.29, 1.82) is 0 Å². The largest absolute Gasteiger partial charge is 0.217 e. The van der Waals surface area contributed by atoms with E-state index in [-0.39, 0.29) is 11.0 Å². The third-order valence-electron chi connectivity index (χ3n) is 12.1. The molecule has 2 aromatic heterocycles. The zero-order valence-corrected chi connectivity index (χ0v) is 26.7. The van der Waals surface area contributed by atoms with Crippen LogP contribution in [0.5, 0.6) is 0 Å². The van der Waals surface area contributed by atoms with Gasteiger partial charge in [-0.1, -0.05) is 69.3 Å². The van der Waals surface area contributed by atoms with Crippen molar-refractivity contribution in [3.8, 4) is 33.6 Å². The molecule has 0 bridgehead atoms. The van der Waals surface area contributed by atoms with Gasteiger partial charge in [-0.25, -0.2) is 0 Å². The lowest BCUT2D eigenvalue weighted by Gasteiger charge is -2.48. The summed E-state index contributed by atoms with van der Waals surface area (Å²) in [5.41, 5.74) is 19.1. The second kappa shape index (κ2) is 9.00. The van der Waals surface area contributed by atoms with E-state index in [0.717, 1.165) is 32.1 Å². The molecular weight excluding hydrogens is 532 g/mol. The minimum absolute atomic E-state index is 0.0507. The quantitative estimate of drug-likeness (QED) is 0.182. The Morgan fingerprint density at radius 3 is 2.32 bits per heavy atom. The number of hydrogen-bond donors (Lipinski definition) is 0. The van der Waals surface area contributed by atoms with Gasteiger partial charge in [0.2, 0.25) is 11.4 Å². The molecule has 4 aliphatic rings. The van der Waals surface area contributed by atoms with Crippen LogP contribution in [0.4, 0.5) is 0 Å². The predicted molar refractivity (Wildman–Crippen MR) is 178 cm³/mol. The second-order valence-electron chi connectivity index (χ2n) is 14.7. The minimum Gasteiger partial charge on any atom is -0.195 e. The summed E-state index contributed by atoms with van der Waals surface area (Å²) in [5.74, 6) is 0.493. The summed E-state index contributed by atoms with van der Waals surface area (Å²) in [6.45, 7) is 12.3. The highest BCUT2D eigenvalue weighted by Crippen LogP contribution is 2.57. The van der Waals surface area contributed by atoms with E-state index >= 15 is 0 Å². The maximum atomic E-state index is 2.73. The molecule has 0 spiro atoms. The fourth-order valence-electron chi connectivity index (χ4n) is 9.75. The number of benzene rings is 3. The second-order valence-corrected chi connectivity index (χ2v) is 14.7. The molecule has 2 atom stereocenters. The van der Waals surface area contributed by atoms with E-state index in [4.69, 9.17) is 0 Å². The molecule has 4 heterocycles. The molecule has 0 saturated heterocycles. The van der Waals surface area contributed by atoms with Gasteiger partial charge in [-0.05, 0) is 70.0 Å². The monoisotopic (exact) mass is 574 g/mol. The van der Waals surface area contributed by atoms with Gasteiger partial charge in [-0.15, -0.1) is 0 Å². The Bertz CT molecular complexity index is 2010. The molecule has 218 valence electrons. The Morgan fingerprint density at radius 1 is 0.750 bits per heavy atom. The van der Waals surface area contributed by atoms with E-state index in [1.807, 2.05) is 0 Å². The summed E-state index contributed by atoms with van der Waals surface area (Å²) in [4.78, 5) is 0. The van der Waals surface area contributed by atoms with Crippen LogP contribution < -0.4 is 9.13 Å². The molecule has 2 nitrogen and oxygen atoms in total. The zero-order valence-electron chi connectivity index (χ0n) is 26.7. The van der Waals surface area contributed by atoms with Crippen molar-refractivity contribution in [1.82, 2.24) is 0 Å². The highest BCUT2D eigenvalue weighted by Gasteiger charge is 2.61. The van der Waals surface area contributed by atoms with E-state index in [1.54, 1.807) is 5.56 Å². The first-order valence-electron chi connectivity index (χ1n) is 16.8. The van der Waals surface area contributed by atoms with Crippen molar-refractivity contribution in [2.75, 3.05) is 0 Å². The zero-order chi connectivity index (χ0) is 30.0. The Labute approximate surface area is 262 Å². The predicted octanol–water partition coefficient (Wildman–Crippen LogP) is 8.78. The van der Waals surface area contributed by atoms with Crippen LogP contribution in [-0.2, 0) is 30.2 Å². The van der Waals surface area contributed by atoms with Gasteiger partial charge < -0.3 is 0 Å². The SMILES string of the molecule is CCC1(CC2Cc3cccc4c3-c3c(ccc[n+]32)C4)c2cc(-c3ccccc3)cc3c2-c2c(cc(C(C)C)c[n+]2C1(C)C)C3. The van der Waals surface area contributed by atoms with E-state index in [9.17, 15) is 0 Å². The molecule has 5 aromatic rings. The normalized spacial score (nSPS) is 21.0. The molecule has 2 aliphatic carbocycles. The van der Waals surface area contributed by atoms with Crippen LogP contribution >= 0.6 is 0 Å². The molecule has 9 rings (SSSR count). The van der Waals surface area contributed by atoms with Gasteiger partial charge in [0.15, 0.2) is 24.0 Å². The first-order valence-corrected chi connectivity index (χ1v) is 16.8. The molecule has 0 radical (unpaired) electrons. The molecule has 0 saturated carbocycles. The molecule has 44 heavy (non-hydrogen) atoms. The van der Waals surface area contributed by atoms with Gasteiger partial charge in [0, 0.05) is 62.3 Å².